The number of carbonyl (C=O) groups is 1. The van der Waals surface area contributed by atoms with Gasteiger partial charge in [0, 0.05) is 20.1 Å². The lowest BCUT2D eigenvalue weighted by Crippen LogP contribution is -2.62. The summed E-state index contributed by atoms with van der Waals surface area (Å²) in [6, 6.07) is 19.8. The molecule has 204 valence electrons. The van der Waals surface area contributed by atoms with Crippen molar-refractivity contribution in [2.45, 2.75) is 90.4 Å². The zero-order valence-electron chi connectivity index (χ0n) is 22.4. The van der Waals surface area contributed by atoms with Gasteiger partial charge in [0.05, 0.1) is 19.8 Å². The molecule has 2 aromatic rings. The topological polar surface area (TPSA) is 72.5 Å². The molecule has 2 aromatic carbocycles. The number of carbonyl (C=O) groups excluding carboxylic acids is 1. The highest BCUT2D eigenvalue weighted by molar-refractivity contribution is 5.66. The van der Waals surface area contributed by atoms with Crippen LogP contribution in [-0.4, -0.2) is 56.5 Å². The second-order valence-electron chi connectivity index (χ2n) is 9.29. The summed E-state index contributed by atoms with van der Waals surface area (Å²) in [6.45, 7) is 7.76. The number of benzene rings is 2. The Morgan fingerprint density at radius 2 is 1.32 bits per heavy atom. The molecule has 5 atom stereocenters. The lowest BCUT2D eigenvalue weighted by atomic mass is 9.98. The summed E-state index contributed by atoms with van der Waals surface area (Å²) < 4.78 is 37.1. The molecule has 7 heteroatoms. The van der Waals surface area contributed by atoms with Crippen molar-refractivity contribution in [2.75, 3.05) is 19.8 Å². The Bertz CT molecular complexity index is 876. The van der Waals surface area contributed by atoms with E-state index in [1.807, 2.05) is 60.7 Å². The molecular formula is C30H42O7. The fourth-order valence-corrected chi connectivity index (χ4v) is 4.20. The maximum Gasteiger partial charge on any atom is 0.305 e. The first-order valence-electron chi connectivity index (χ1n) is 13.5. The second-order valence-corrected chi connectivity index (χ2v) is 9.29. The van der Waals surface area contributed by atoms with Gasteiger partial charge in [-0.2, -0.15) is 0 Å². The Labute approximate surface area is 221 Å². The molecule has 1 aliphatic heterocycles. The molecule has 1 saturated heterocycles. The molecule has 0 N–H and O–H groups in total. The first kappa shape index (κ1) is 29.3. The van der Waals surface area contributed by atoms with Gasteiger partial charge in [0.15, 0.2) is 0 Å². The Balaban J connectivity index is 1.81. The van der Waals surface area contributed by atoms with Crippen LogP contribution in [0.5, 0.6) is 0 Å². The third kappa shape index (κ3) is 9.83. The summed E-state index contributed by atoms with van der Waals surface area (Å²) in [4.78, 5) is 12.0. The van der Waals surface area contributed by atoms with Crippen molar-refractivity contribution in [1.82, 2.24) is 0 Å². The Hall–Kier alpha value is -2.29. The number of esters is 1. The zero-order valence-corrected chi connectivity index (χ0v) is 22.4. The van der Waals surface area contributed by atoms with Crippen molar-refractivity contribution < 1.29 is 33.2 Å². The smallest absolute Gasteiger partial charge is 0.305 e. The van der Waals surface area contributed by atoms with Gasteiger partial charge in [0.1, 0.15) is 24.4 Å². The van der Waals surface area contributed by atoms with Crippen molar-refractivity contribution in [3.05, 3.63) is 71.8 Å². The summed E-state index contributed by atoms with van der Waals surface area (Å²) >= 11 is 0. The fourth-order valence-electron chi connectivity index (χ4n) is 4.20. The highest BCUT2D eigenvalue weighted by Crippen LogP contribution is 2.30. The van der Waals surface area contributed by atoms with Crippen LogP contribution < -0.4 is 0 Å². The van der Waals surface area contributed by atoms with E-state index in [9.17, 15) is 4.79 Å². The third-order valence-electron chi connectivity index (χ3n) is 6.17. The molecule has 0 bridgehead atoms. The molecule has 0 aliphatic carbocycles. The van der Waals surface area contributed by atoms with Crippen molar-refractivity contribution in [1.29, 1.82) is 0 Å². The van der Waals surface area contributed by atoms with E-state index in [0.717, 1.165) is 36.8 Å². The molecule has 1 aliphatic rings. The van der Waals surface area contributed by atoms with E-state index in [4.69, 9.17) is 28.4 Å². The van der Waals surface area contributed by atoms with Gasteiger partial charge >= 0.3 is 5.97 Å². The molecule has 0 aromatic heterocycles. The quantitative estimate of drug-likeness (QED) is 0.218. The van der Waals surface area contributed by atoms with Crippen molar-refractivity contribution in [3.63, 3.8) is 0 Å². The average Bonchev–Trinajstić information content (AvgIpc) is 2.90. The molecule has 0 saturated carbocycles. The van der Waals surface area contributed by atoms with E-state index in [1.165, 1.54) is 6.92 Å². The van der Waals surface area contributed by atoms with Crippen LogP contribution in [-0.2, 0) is 46.4 Å². The summed E-state index contributed by atoms with van der Waals surface area (Å²) in [7, 11) is 0. The van der Waals surface area contributed by atoms with Gasteiger partial charge in [-0.1, -0.05) is 87.4 Å². The lowest BCUT2D eigenvalue weighted by molar-refractivity contribution is -0.317. The van der Waals surface area contributed by atoms with Crippen LogP contribution in [0.15, 0.2) is 60.7 Å². The average molecular weight is 515 g/mol. The molecule has 0 spiro atoms. The van der Waals surface area contributed by atoms with Crippen LogP contribution in [0.1, 0.15) is 57.6 Å². The Morgan fingerprint density at radius 1 is 0.757 bits per heavy atom. The number of rotatable bonds is 16. The summed E-state index contributed by atoms with van der Waals surface area (Å²) in [6.07, 6.45) is 0.805. The second kappa shape index (κ2) is 16.5. The summed E-state index contributed by atoms with van der Waals surface area (Å²) in [5.74, 6) is -0.445. The predicted octanol–water partition coefficient (Wildman–Crippen LogP) is 5.45. The molecule has 0 radical (unpaired) electrons. The Kier molecular flexibility index (Phi) is 13.1. The van der Waals surface area contributed by atoms with Gasteiger partial charge in [-0.25, -0.2) is 0 Å². The van der Waals surface area contributed by atoms with Gasteiger partial charge < -0.3 is 28.4 Å². The van der Waals surface area contributed by atoms with Gasteiger partial charge in [-0.05, 0) is 24.0 Å². The number of unbranched alkanes of at least 4 members (excludes halogenated alkanes) is 2. The van der Waals surface area contributed by atoms with Crippen LogP contribution in [0.3, 0.4) is 0 Å². The van der Waals surface area contributed by atoms with Crippen LogP contribution in [0.25, 0.3) is 0 Å². The van der Waals surface area contributed by atoms with Crippen molar-refractivity contribution >= 4 is 5.97 Å². The summed E-state index contributed by atoms with van der Waals surface area (Å²) in [5.41, 5.74) is 2.08. The van der Waals surface area contributed by atoms with Crippen molar-refractivity contribution in [3.8, 4) is 0 Å². The molecule has 0 amide bonds. The van der Waals surface area contributed by atoms with Gasteiger partial charge in [0.25, 0.3) is 0 Å². The molecule has 1 fully saturated rings. The van der Waals surface area contributed by atoms with Crippen LogP contribution in [0.4, 0.5) is 0 Å². The standard InChI is InChI=1S/C30H42O7/c1-4-6-18-33-27-26(22-32-20-24-14-10-8-11-15-24)37-30(36-23(3)31)29(28(27)34-19-7-5-2)35-21-25-16-12-9-13-17-25/h8-17,26-30H,4-7,18-22H2,1-3H3/t26-,27?,28+,29-,30?/m1/s1. The maximum atomic E-state index is 12.0. The zero-order chi connectivity index (χ0) is 26.3. The maximum absolute atomic E-state index is 12.0. The predicted molar refractivity (Wildman–Crippen MR) is 141 cm³/mol. The first-order chi connectivity index (χ1) is 18.1. The van der Waals surface area contributed by atoms with Crippen LogP contribution >= 0.6 is 0 Å². The Morgan fingerprint density at radius 3 is 1.89 bits per heavy atom. The lowest BCUT2D eigenvalue weighted by Gasteiger charge is -2.45. The van der Waals surface area contributed by atoms with Gasteiger partial charge in [-0.15, -0.1) is 0 Å². The molecule has 2 unspecified atom stereocenters. The van der Waals surface area contributed by atoms with E-state index in [2.05, 4.69) is 13.8 Å². The van der Waals surface area contributed by atoms with E-state index in [0.29, 0.717) is 26.4 Å². The van der Waals surface area contributed by atoms with E-state index < -0.39 is 36.7 Å². The van der Waals surface area contributed by atoms with E-state index >= 15 is 0 Å². The minimum Gasteiger partial charge on any atom is -0.433 e. The molecular weight excluding hydrogens is 472 g/mol. The number of hydrogen-bond acceptors (Lipinski definition) is 7. The molecule has 37 heavy (non-hydrogen) atoms. The van der Waals surface area contributed by atoms with Gasteiger partial charge in [-0.3, -0.25) is 4.79 Å². The largest absolute Gasteiger partial charge is 0.433 e. The van der Waals surface area contributed by atoms with Crippen LogP contribution in [0, 0.1) is 0 Å². The van der Waals surface area contributed by atoms with Crippen LogP contribution in [0.2, 0.25) is 0 Å². The van der Waals surface area contributed by atoms with E-state index in [-0.39, 0.29) is 6.61 Å². The fraction of sp³-hybridized carbons (Fsp3) is 0.567. The number of hydrogen-bond donors (Lipinski definition) is 0. The normalized spacial score (nSPS) is 23.6. The van der Waals surface area contributed by atoms with E-state index in [1.54, 1.807) is 0 Å². The minimum atomic E-state index is -0.941. The SMILES string of the molecule is CCCCOC1[C@@H](COCc2ccccc2)OC(OC(C)=O)[C@H](OCc2ccccc2)[C@H]1OCCCC. The monoisotopic (exact) mass is 514 g/mol. The highest BCUT2D eigenvalue weighted by Gasteiger charge is 2.49. The summed E-state index contributed by atoms with van der Waals surface area (Å²) in [5, 5.41) is 0. The number of ether oxygens (including phenoxy) is 6. The molecule has 7 nitrogen and oxygen atoms in total. The molecule has 3 rings (SSSR count). The minimum absolute atomic E-state index is 0.266. The first-order valence-corrected chi connectivity index (χ1v) is 13.5. The molecule has 1 heterocycles. The third-order valence-corrected chi connectivity index (χ3v) is 6.17. The van der Waals surface area contributed by atoms with Crippen molar-refractivity contribution in [2.24, 2.45) is 0 Å². The van der Waals surface area contributed by atoms with Gasteiger partial charge in [0.2, 0.25) is 6.29 Å². The highest BCUT2D eigenvalue weighted by atomic mass is 16.7.